The van der Waals surface area contributed by atoms with Crippen molar-refractivity contribution in [3.05, 3.63) is 144 Å². The molecule has 2 aliphatic heterocycles. The van der Waals surface area contributed by atoms with Crippen LogP contribution in [0.5, 0.6) is 0 Å². The summed E-state index contributed by atoms with van der Waals surface area (Å²) in [5, 5.41) is 6.52. The minimum absolute atomic E-state index is 0.344. The molecule has 2 aromatic heterocycles. The number of nitrogens with zero attached hydrogens (tertiary/aromatic N) is 4. The van der Waals surface area contributed by atoms with Crippen molar-refractivity contribution in [1.29, 1.82) is 0 Å². The molecule has 240 valence electrons. The fourth-order valence-electron chi connectivity index (χ4n) is 6.99. The first-order chi connectivity index (χ1) is 23.2. The average molecular weight is 637 g/mol. The summed E-state index contributed by atoms with van der Waals surface area (Å²) in [6, 6.07) is 42.1. The van der Waals surface area contributed by atoms with Crippen LogP contribution in [0.2, 0.25) is 0 Å². The second-order valence-electron chi connectivity index (χ2n) is 13.8. The predicted molar refractivity (Wildman–Crippen MR) is 190 cm³/mol. The molecular weight excluding hydrogens is 598 g/mol. The maximum absolute atomic E-state index is 13.9. The van der Waals surface area contributed by atoms with Crippen LogP contribution in [0.25, 0.3) is 22.2 Å². The molecule has 0 unspecified atom stereocenters. The lowest BCUT2D eigenvalue weighted by molar-refractivity contribution is 0.00578. The van der Waals surface area contributed by atoms with Crippen LogP contribution < -0.4 is 10.4 Å². The lowest BCUT2D eigenvalue weighted by atomic mass is 9.76. The van der Waals surface area contributed by atoms with Crippen molar-refractivity contribution >= 4 is 29.3 Å². The van der Waals surface area contributed by atoms with E-state index in [4.69, 9.17) is 14.4 Å². The number of alkyl halides is 1. The van der Waals surface area contributed by atoms with E-state index in [-0.39, 0.29) is 0 Å². The average Bonchev–Trinajstić information content (AvgIpc) is 3.58. The Labute approximate surface area is 281 Å². The number of aromatic nitrogens is 3. The number of anilines is 1. The Hall–Kier alpha value is -4.79. The van der Waals surface area contributed by atoms with Gasteiger partial charge >= 0.3 is 7.12 Å². The van der Waals surface area contributed by atoms with Gasteiger partial charge in [-0.2, -0.15) is 5.10 Å². The van der Waals surface area contributed by atoms with Gasteiger partial charge in [0.1, 0.15) is 23.2 Å². The zero-order chi connectivity index (χ0) is 33.1. The third-order valence-electron chi connectivity index (χ3n) is 10.3. The highest BCUT2D eigenvalue weighted by Crippen LogP contribution is 2.44. The molecule has 4 aromatic carbocycles. The topological polar surface area (TPSA) is 52.4 Å². The minimum atomic E-state index is -0.832. The Kier molecular flexibility index (Phi) is 7.27. The fraction of sp³-hybridized carbons (Fsp3) is 0.250. The monoisotopic (exact) mass is 636 g/mol. The minimum Gasteiger partial charge on any atom is -0.399 e. The first-order valence-corrected chi connectivity index (χ1v) is 16.6. The summed E-state index contributed by atoms with van der Waals surface area (Å²) in [5.41, 5.74) is 5.05. The molecule has 0 spiro atoms. The smallest absolute Gasteiger partial charge is 0.399 e. The quantitative estimate of drug-likeness (QED) is 0.135. The second-order valence-corrected chi connectivity index (χ2v) is 13.8. The van der Waals surface area contributed by atoms with Gasteiger partial charge in [-0.3, -0.25) is 0 Å². The van der Waals surface area contributed by atoms with Gasteiger partial charge in [-0.15, -0.1) is 0 Å². The Balaban J connectivity index is 1.42. The molecule has 48 heavy (non-hydrogen) atoms. The highest BCUT2D eigenvalue weighted by molar-refractivity contribution is 6.62. The van der Waals surface area contributed by atoms with Crippen molar-refractivity contribution in [2.75, 3.05) is 18.0 Å². The molecule has 2 fully saturated rings. The number of fused-ring (bicyclic) bond motifs is 1. The van der Waals surface area contributed by atoms with Crippen LogP contribution in [0.1, 0.15) is 44.4 Å². The van der Waals surface area contributed by atoms with E-state index in [0.717, 1.165) is 50.1 Å². The number of halogens is 1. The third kappa shape index (κ3) is 4.85. The molecule has 0 N–H and O–H groups in total. The van der Waals surface area contributed by atoms with Crippen LogP contribution in [0.15, 0.2) is 128 Å². The highest BCUT2D eigenvalue weighted by Gasteiger charge is 2.52. The molecule has 8 rings (SSSR count). The zero-order valence-corrected chi connectivity index (χ0v) is 27.7. The molecule has 0 radical (unpaired) electrons. The zero-order valence-electron chi connectivity index (χ0n) is 27.7. The van der Waals surface area contributed by atoms with Crippen molar-refractivity contribution in [2.24, 2.45) is 0 Å². The standard InChI is InChI=1S/C40H38BFN4O2/c1-38(2)39(3,4)48-41(47-38)32-20-21-35-34(25-32)37(28-22-23-43-36(24-28)45-26-33(42)27-45)44-46(35)40(29-14-8-5-9-15-29,30-16-10-6-11-17-30)31-18-12-7-13-19-31/h5-25,33H,26-27H2,1-4H3. The van der Waals surface area contributed by atoms with E-state index in [1.54, 1.807) is 6.20 Å². The molecule has 6 nitrogen and oxygen atoms in total. The van der Waals surface area contributed by atoms with E-state index in [9.17, 15) is 4.39 Å². The Morgan fingerprint density at radius 2 is 1.27 bits per heavy atom. The maximum atomic E-state index is 13.9. The first-order valence-electron chi connectivity index (χ1n) is 16.6. The van der Waals surface area contributed by atoms with Gasteiger partial charge in [0, 0.05) is 17.1 Å². The molecule has 6 aromatic rings. The summed E-state index contributed by atoms with van der Waals surface area (Å²) in [4.78, 5) is 6.56. The summed E-state index contributed by atoms with van der Waals surface area (Å²) >= 11 is 0. The van der Waals surface area contributed by atoms with E-state index in [0.29, 0.717) is 13.1 Å². The van der Waals surface area contributed by atoms with E-state index in [2.05, 4.69) is 128 Å². The Bertz CT molecular complexity index is 1970. The fourth-order valence-corrected chi connectivity index (χ4v) is 6.99. The van der Waals surface area contributed by atoms with Crippen LogP contribution >= 0.6 is 0 Å². The Morgan fingerprint density at radius 3 is 1.79 bits per heavy atom. The van der Waals surface area contributed by atoms with Crippen LogP contribution in [0.4, 0.5) is 10.2 Å². The summed E-state index contributed by atoms with van der Waals surface area (Å²) < 4.78 is 29.1. The molecule has 4 heterocycles. The van der Waals surface area contributed by atoms with Gasteiger partial charge < -0.3 is 14.2 Å². The molecular formula is C40H38BFN4O2. The van der Waals surface area contributed by atoms with E-state index < -0.39 is 30.0 Å². The van der Waals surface area contributed by atoms with Crippen LogP contribution in [-0.2, 0) is 14.8 Å². The van der Waals surface area contributed by atoms with Crippen LogP contribution in [0.3, 0.4) is 0 Å². The van der Waals surface area contributed by atoms with Gasteiger partial charge in [0.25, 0.3) is 0 Å². The molecule has 2 aliphatic rings. The van der Waals surface area contributed by atoms with Crippen molar-refractivity contribution in [3.63, 3.8) is 0 Å². The summed E-state index contributed by atoms with van der Waals surface area (Å²) in [6.45, 7) is 8.96. The third-order valence-corrected chi connectivity index (χ3v) is 10.3. The number of hydrogen-bond donors (Lipinski definition) is 0. The molecule has 0 aliphatic carbocycles. The van der Waals surface area contributed by atoms with Gasteiger partial charge in [0.05, 0.1) is 29.8 Å². The highest BCUT2D eigenvalue weighted by atomic mass is 19.1. The van der Waals surface area contributed by atoms with Crippen molar-refractivity contribution < 1.29 is 13.7 Å². The van der Waals surface area contributed by atoms with Crippen LogP contribution in [-0.4, -0.2) is 52.3 Å². The van der Waals surface area contributed by atoms with Crippen molar-refractivity contribution in [3.8, 4) is 11.3 Å². The van der Waals surface area contributed by atoms with Crippen molar-refractivity contribution in [1.82, 2.24) is 14.8 Å². The van der Waals surface area contributed by atoms with Gasteiger partial charge in [-0.1, -0.05) is 103 Å². The van der Waals surface area contributed by atoms with Gasteiger partial charge in [0.2, 0.25) is 0 Å². The van der Waals surface area contributed by atoms with Crippen LogP contribution in [0, 0.1) is 0 Å². The van der Waals surface area contributed by atoms with E-state index >= 15 is 0 Å². The summed E-state index contributed by atoms with van der Waals surface area (Å²) in [5.74, 6) is 0.742. The first kappa shape index (κ1) is 30.5. The van der Waals surface area contributed by atoms with E-state index in [1.165, 1.54) is 0 Å². The SMILES string of the molecule is CC1(C)OB(c2ccc3c(c2)c(-c2ccnc(N4CC(F)C4)c2)nn3C(c2ccccc2)(c2ccccc2)c2ccccc2)OC1(C)C. The normalized spacial score (nSPS) is 17.5. The number of hydrogen-bond acceptors (Lipinski definition) is 5. The predicted octanol–water partition coefficient (Wildman–Crippen LogP) is 7.40. The van der Waals surface area contributed by atoms with Crippen molar-refractivity contribution in [2.45, 2.75) is 50.6 Å². The molecule has 0 bridgehead atoms. The van der Waals surface area contributed by atoms with Gasteiger partial charge in [-0.05, 0) is 68.0 Å². The molecule has 2 saturated heterocycles. The molecule has 0 amide bonds. The lowest BCUT2D eigenvalue weighted by Crippen LogP contribution is -2.48. The second kappa shape index (κ2) is 11.4. The molecule has 0 atom stereocenters. The molecule has 8 heteroatoms. The number of rotatable bonds is 7. The summed E-state index contributed by atoms with van der Waals surface area (Å²) in [7, 11) is -0.534. The number of benzene rings is 4. The lowest BCUT2D eigenvalue weighted by Gasteiger charge is -2.37. The maximum Gasteiger partial charge on any atom is 0.494 e. The van der Waals surface area contributed by atoms with Gasteiger partial charge in [0.15, 0.2) is 0 Å². The summed E-state index contributed by atoms with van der Waals surface area (Å²) in [6.07, 6.45) is 0.957. The van der Waals surface area contributed by atoms with E-state index in [1.807, 2.05) is 35.2 Å². The largest absolute Gasteiger partial charge is 0.494 e. The number of pyridine rings is 1. The van der Waals surface area contributed by atoms with Gasteiger partial charge in [-0.25, -0.2) is 14.1 Å². The molecule has 0 saturated carbocycles. The Morgan fingerprint density at radius 1 is 0.729 bits per heavy atom.